The van der Waals surface area contributed by atoms with Gasteiger partial charge < -0.3 is 11.1 Å². The van der Waals surface area contributed by atoms with Crippen LogP contribution < -0.4 is 11.1 Å². The zero-order valence-corrected chi connectivity index (χ0v) is 12.1. The van der Waals surface area contributed by atoms with Gasteiger partial charge in [-0.15, -0.1) is 0 Å². The molecule has 3 N–H and O–H groups in total. The van der Waals surface area contributed by atoms with Crippen LogP contribution in [-0.2, 0) is 4.79 Å². The largest absolute Gasteiger partial charge is 0.356 e. The van der Waals surface area contributed by atoms with E-state index in [9.17, 15) is 4.79 Å². The third kappa shape index (κ3) is 3.98. The van der Waals surface area contributed by atoms with Crippen molar-refractivity contribution in [1.29, 1.82) is 0 Å². The summed E-state index contributed by atoms with van der Waals surface area (Å²) >= 11 is 0. The number of hydrogen-bond donors (Lipinski definition) is 2. The average Bonchev–Trinajstić information content (AvgIpc) is 2.90. The predicted octanol–water partition coefficient (Wildman–Crippen LogP) is 2.84. The van der Waals surface area contributed by atoms with Crippen LogP contribution in [0.25, 0.3) is 0 Å². The maximum Gasteiger partial charge on any atom is 0.227 e. The molecular weight excluding hydrogens is 224 g/mol. The van der Waals surface area contributed by atoms with E-state index >= 15 is 0 Å². The van der Waals surface area contributed by atoms with Crippen LogP contribution in [0.5, 0.6) is 0 Å². The summed E-state index contributed by atoms with van der Waals surface area (Å²) < 4.78 is 0. The van der Waals surface area contributed by atoms with Gasteiger partial charge in [-0.2, -0.15) is 0 Å². The molecule has 1 fully saturated rings. The Morgan fingerprint density at radius 3 is 2.39 bits per heavy atom. The number of hydrogen-bond acceptors (Lipinski definition) is 2. The van der Waals surface area contributed by atoms with Gasteiger partial charge in [-0.1, -0.05) is 39.5 Å². The highest BCUT2D eigenvalue weighted by molar-refractivity contribution is 5.82. The van der Waals surface area contributed by atoms with Gasteiger partial charge in [0.25, 0.3) is 0 Å². The van der Waals surface area contributed by atoms with Crippen LogP contribution in [0.4, 0.5) is 0 Å². The van der Waals surface area contributed by atoms with E-state index in [1.807, 2.05) is 0 Å². The van der Waals surface area contributed by atoms with Gasteiger partial charge in [-0.25, -0.2) is 0 Å². The maximum atomic E-state index is 12.2. The molecule has 0 aromatic heterocycles. The minimum Gasteiger partial charge on any atom is -0.356 e. The quantitative estimate of drug-likeness (QED) is 0.654. The second kappa shape index (κ2) is 7.78. The van der Waals surface area contributed by atoms with E-state index < -0.39 is 0 Å². The molecule has 1 amide bonds. The molecular formula is C15H30N2O. The molecule has 0 heterocycles. The van der Waals surface area contributed by atoms with E-state index in [1.165, 1.54) is 32.1 Å². The number of amides is 1. The van der Waals surface area contributed by atoms with E-state index in [4.69, 9.17) is 5.73 Å². The van der Waals surface area contributed by atoms with Crippen LogP contribution in [0.2, 0.25) is 0 Å². The van der Waals surface area contributed by atoms with E-state index in [2.05, 4.69) is 19.2 Å². The molecule has 0 aliphatic heterocycles. The highest BCUT2D eigenvalue weighted by atomic mass is 16.2. The Labute approximate surface area is 112 Å². The fourth-order valence-corrected chi connectivity index (χ4v) is 3.03. The lowest BCUT2D eigenvalue weighted by molar-refractivity contribution is -0.131. The molecule has 0 atom stereocenters. The van der Waals surface area contributed by atoms with Crippen LogP contribution in [0.1, 0.15) is 65.2 Å². The van der Waals surface area contributed by atoms with Crippen molar-refractivity contribution in [1.82, 2.24) is 5.32 Å². The highest BCUT2D eigenvalue weighted by Gasteiger charge is 2.32. The molecule has 1 aliphatic rings. The van der Waals surface area contributed by atoms with Crippen LogP contribution in [-0.4, -0.2) is 19.0 Å². The normalized spacial score (nSPS) is 17.1. The molecule has 1 rings (SSSR count). The monoisotopic (exact) mass is 254 g/mol. The second-order valence-electron chi connectivity index (χ2n) is 5.74. The van der Waals surface area contributed by atoms with Gasteiger partial charge in [0.1, 0.15) is 0 Å². The van der Waals surface area contributed by atoms with Crippen molar-refractivity contribution in [2.75, 3.05) is 13.1 Å². The van der Waals surface area contributed by atoms with E-state index in [1.54, 1.807) is 0 Å². The summed E-state index contributed by atoms with van der Waals surface area (Å²) in [7, 11) is 0. The first-order chi connectivity index (χ1) is 8.68. The summed E-state index contributed by atoms with van der Waals surface area (Å²) in [6.45, 7) is 5.37. The van der Waals surface area contributed by atoms with E-state index in [0.717, 1.165) is 31.7 Å². The Morgan fingerprint density at radius 2 is 1.89 bits per heavy atom. The summed E-state index contributed by atoms with van der Waals surface area (Å²) in [5, 5.41) is 3.08. The first kappa shape index (κ1) is 15.5. The lowest BCUT2D eigenvalue weighted by Gasteiger charge is -2.28. The van der Waals surface area contributed by atoms with Crippen molar-refractivity contribution in [2.24, 2.45) is 17.1 Å². The van der Waals surface area contributed by atoms with Crippen LogP contribution >= 0.6 is 0 Å². The number of nitrogens with two attached hydrogens (primary N) is 1. The molecule has 0 saturated heterocycles. The Kier molecular flexibility index (Phi) is 6.69. The lowest BCUT2D eigenvalue weighted by Crippen LogP contribution is -2.45. The Bertz CT molecular complexity index is 235. The molecule has 0 aromatic carbocycles. The van der Waals surface area contributed by atoms with Crippen molar-refractivity contribution >= 4 is 5.91 Å². The average molecular weight is 254 g/mol. The molecule has 0 radical (unpaired) electrons. The zero-order valence-electron chi connectivity index (χ0n) is 12.1. The molecule has 3 heteroatoms. The molecule has 1 saturated carbocycles. The Hall–Kier alpha value is -0.570. The number of carbonyl (C=O) groups is 1. The minimum atomic E-state index is -0.340. The van der Waals surface area contributed by atoms with Crippen molar-refractivity contribution in [3.8, 4) is 0 Å². The Morgan fingerprint density at radius 1 is 1.28 bits per heavy atom. The first-order valence-corrected chi connectivity index (χ1v) is 7.67. The topological polar surface area (TPSA) is 55.1 Å². The molecule has 18 heavy (non-hydrogen) atoms. The molecule has 0 spiro atoms. The second-order valence-corrected chi connectivity index (χ2v) is 5.74. The first-order valence-electron chi connectivity index (χ1n) is 7.67. The smallest absolute Gasteiger partial charge is 0.227 e. The molecule has 106 valence electrons. The standard InChI is InChI=1S/C15H30N2O/c1-3-15(4-2,12-16)14(18)17-11-7-10-13-8-5-6-9-13/h13H,3-12,16H2,1-2H3,(H,17,18). The SMILES string of the molecule is CCC(CC)(CN)C(=O)NCCCC1CCCC1. The van der Waals surface area contributed by atoms with Gasteiger partial charge in [-0.05, 0) is 31.6 Å². The van der Waals surface area contributed by atoms with Crippen LogP contribution in [0.3, 0.4) is 0 Å². The predicted molar refractivity (Wildman–Crippen MR) is 76.3 cm³/mol. The van der Waals surface area contributed by atoms with Gasteiger partial charge in [0.2, 0.25) is 5.91 Å². The fraction of sp³-hybridized carbons (Fsp3) is 0.933. The summed E-state index contributed by atoms with van der Waals surface area (Å²) in [5.41, 5.74) is 5.43. The summed E-state index contributed by atoms with van der Waals surface area (Å²) in [6, 6.07) is 0. The van der Waals surface area contributed by atoms with Gasteiger partial charge >= 0.3 is 0 Å². The van der Waals surface area contributed by atoms with Crippen molar-refractivity contribution in [3.05, 3.63) is 0 Å². The summed E-state index contributed by atoms with van der Waals surface area (Å²) in [4.78, 5) is 12.2. The summed E-state index contributed by atoms with van der Waals surface area (Å²) in [5.74, 6) is 1.07. The van der Waals surface area contributed by atoms with Crippen LogP contribution in [0.15, 0.2) is 0 Å². The van der Waals surface area contributed by atoms with Gasteiger partial charge in [-0.3, -0.25) is 4.79 Å². The summed E-state index contributed by atoms with van der Waals surface area (Å²) in [6.07, 6.45) is 9.63. The van der Waals surface area contributed by atoms with Gasteiger partial charge in [0.05, 0.1) is 5.41 Å². The maximum absolute atomic E-state index is 12.2. The zero-order chi connectivity index (χ0) is 13.4. The molecule has 3 nitrogen and oxygen atoms in total. The third-order valence-electron chi connectivity index (χ3n) is 4.78. The Balaban J connectivity index is 2.22. The van der Waals surface area contributed by atoms with Crippen molar-refractivity contribution < 1.29 is 4.79 Å². The van der Waals surface area contributed by atoms with Crippen molar-refractivity contribution in [3.63, 3.8) is 0 Å². The van der Waals surface area contributed by atoms with E-state index in [0.29, 0.717) is 6.54 Å². The number of rotatable bonds is 8. The van der Waals surface area contributed by atoms with Crippen molar-refractivity contribution in [2.45, 2.75) is 65.2 Å². The highest BCUT2D eigenvalue weighted by Crippen LogP contribution is 2.28. The third-order valence-corrected chi connectivity index (χ3v) is 4.78. The fourth-order valence-electron chi connectivity index (χ4n) is 3.03. The molecule has 1 aliphatic carbocycles. The van der Waals surface area contributed by atoms with Crippen LogP contribution in [0, 0.1) is 11.3 Å². The molecule has 0 unspecified atom stereocenters. The number of nitrogens with one attached hydrogen (secondary N) is 1. The molecule has 0 aromatic rings. The van der Waals surface area contributed by atoms with Gasteiger partial charge in [0, 0.05) is 13.1 Å². The lowest BCUT2D eigenvalue weighted by atomic mass is 9.81. The minimum absolute atomic E-state index is 0.154. The molecule has 0 bridgehead atoms. The van der Waals surface area contributed by atoms with Gasteiger partial charge in [0.15, 0.2) is 0 Å². The van der Waals surface area contributed by atoms with E-state index in [-0.39, 0.29) is 11.3 Å². The number of carbonyl (C=O) groups excluding carboxylic acids is 1.